The molecule has 3 aromatic rings. The highest BCUT2D eigenvalue weighted by atomic mass is 16.4. The SMILES string of the molecule is Cc1ccc(-c2ccccc2)c(C(=O)NC2CCN(CCCC(C)(CC(=O)O)c3ccccc3)CC2)c1. The predicted molar refractivity (Wildman–Crippen MR) is 149 cm³/mol. The first-order chi connectivity index (χ1) is 17.8. The van der Waals surface area contributed by atoms with Crippen LogP contribution < -0.4 is 5.32 Å². The van der Waals surface area contributed by atoms with E-state index in [1.54, 1.807) is 0 Å². The molecular formula is C32H38N2O3. The standard InChI is InChI=1S/C32H38N2O3/c1-24-14-15-28(25-10-5-3-6-11-25)29(22-24)31(37)33-27-16-20-34(21-17-27)19-9-18-32(2,23-30(35)36)26-12-7-4-8-13-26/h3-8,10-15,22,27H,9,16-21,23H2,1-2H3,(H,33,37)(H,35,36). The van der Waals surface area contributed by atoms with Gasteiger partial charge in [0.2, 0.25) is 0 Å². The lowest BCUT2D eigenvalue weighted by Crippen LogP contribution is -2.45. The van der Waals surface area contributed by atoms with E-state index in [1.165, 1.54) is 0 Å². The number of rotatable bonds is 10. The number of amides is 1. The smallest absolute Gasteiger partial charge is 0.304 e. The molecule has 1 fully saturated rings. The van der Waals surface area contributed by atoms with E-state index in [1.807, 2.05) is 79.7 Å². The molecule has 1 aliphatic heterocycles. The Labute approximate surface area is 220 Å². The Hall–Kier alpha value is -3.44. The second-order valence-electron chi connectivity index (χ2n) is 10.6. The molecule has 0 spiro atoms. The summed E-state index contributed by atoms with van der Waals surface area (Å²) >= 11 is 0. The Kier molecular flexibility index (Phi) is 8.78. The van der Waals surface area contributed by atoms with Crippen LogP contribution in [0.5, 0.6) is 0 Å². The number of piperidine rings is 1. The maximum Gasteiger partial charge on any atom is 0.304 e. The molecule has 1 aliphatic rings. The third kappa shape index (κ3) is 7.07. The zero-order chi connectivity index (χ0) is 26.3. The number of carbonyl (C=O) groups is 2. The number of carboxylic acid groups (broad SMARTS) is 1. The highest BCUT2D eigenvalue weighted by Crippen LogP contribution is 2.33. The van der Waals surface area contributed by atoms with Crippen molar-refractivity contribution in [1.29, 1.82) is 0 Å². The number of aliphatic carboxylic acids is 1. The first-order valence-electron chi connectivity index (χ1n) is 13.3. The summed E-state index contributed by atoms with van der Waals surface area (Å²) in [4.78, 5) is 27.3. The molecule has 5 heteroatoms. The predicted octanol–water partition coefficient (Wildman–Crippen LogP) is 6.07. The Morgan fingerprint density at radius 2 is 1.62 bits per heavy atom. The van der Waals surface area contributed by atoms with E-state index < -0.39 is 5.97 Å². The van der Waals surface area contributed by atoms with Crippen LogP contribution in [0.4, 0.5) is 0 Å². The minimum atomic E-state index is -0.757. The van der Waals surface area contributed by atoms with Crippen LogP contribution in [-0.4, -0.2) is 47.6 Å². The van der Waals surface area contributed by atoms with Gasteiger partial charge in [-0.05, 0) is 61.9 Å². The van der Waals surface area contributed by atoms with Crippen LogP contribution in [0.15, 0.2) is 78.9 Å². The maximum atomic E-state index is 13.3. The molecule has 0 aliphatic carbocycles. The van der Waals surface area contributed by atoms with Gasteiger partial charge in [0.25, 0.3) is 5.91 Å². The quantitative estimate of drug-likeness (QED) is 0.356. The normalized spacial score (nSPS) is 16.2. The fraction of sp³-hybridized carbons (Fsp3) is 0.375. The van der Waals surface area contributed by atoms with Gasteiger partial charge < -0.3 is 15.3 Å². The van der Waals surface area contributed by atoms with Gasteiger partial charge in [0.15, 0.2) is 0 Å². The van der Waals surface area contributed by atoms with E-state index in [0.717, 1.165) is 73.1 Å². The van der Waals surface area contributed by atoms with Crippen molar-refractivity contribution in [1.82, 2.24) is 10.2 Å². The molecule has 37 heavy (non-hydrogen) atoms. The largest absolute Gasteiger partial charge is 0.481 e. The summed E-state index contributed by atoms with van der Waals surface area (Å²) < 4.78 is 0. The van der Waals surface area contributed by atoms with Gasteiger partial charge in [0.05, 0.1) is 6.42 Å². The van der Waals surface area contributed by atoms with Gasteiger partial charge in [0.1, 0.15) is 0 Å². The van der Waals surface area contributed by atoms with E-state index in [0.29, 0.717) is 0 Å². The van der Waals surface area contributed by atoms with E-state index in [4.69, 9.17) is 0 Å². The average molecular weight is 499 g/mol. The summed E-state index contributed by atoms with van der Waals surface area (Å²) in [6.45, 7) is 6.89. The molecule has 4 rings (SSSR count). The second kappa shape index (κ2) is 12.2. The molecule has 2 N–H and O–H groups in total. The summed E-state index contributed by atoms with van der Waals surface area (Å²) in [7, 11) is 0. The summed E-state index contributed by atoms with van der Waals surface area (Å²) in [6, 6.07) is 26.3. The lowest BCUT2D eigenvalue weighted by atomic mass is 9.76. The van der Waals surface area contributed by atoms with E-state index in [2.05, 4.69) is 23.2 Å². The van der Waals surface area contributed by atoms with Gasteiger partial charge in [-0.2, -0.15) is 0 Å². The van der Waals surface area contributed by atoms with Crippen molar-refractivity contribution < 1.29 is 14.7 Å². The second-order valence-corrected chi connectivity index (χ2v) is 10.6. The van der Waals surface area contributed by atoms with Crippen molar-refractivity contribution in [2.75, 3.05) is 19.6 Å². The fourth-order valence-corrected chi connectivity index (χ4v) is 5.48. The Morgan fingerprint density at radius 3 is 2.27 bits per heavy atom. The molecule has 1 saturated heterocycles. The minimum Gasteiger partial charge on any atom is -0.481 e. The molecule has 0 radical (unpaired) electrons. The molecule has 0 bridgehead atoms. The van der Waals surface area contributed by atoms with Gasteiger partial charge in [0, 0.05) is 30.1 Å². The van der Waals surface area contributed by atoms with Gasteiger partial charge in [-0.25, -0.2) is 0 Å². The van der Waals surface area contributed by atoms with E-state index >= 15 is 0 Å². The number of likely N-dealkylation sites (tertiary alicyclic amines) is 1. The first kappa shape index (κ1) is 26.6. The number of nitrogens with one attached hydrogen (secondary N) is 1. The Morgan fingerprint density at radius 1 is 0.973 bits per heavy atom. The maximum absolute atomic E-state index is 13.3. The van der Waals surface area contributed by atoms with Crippen LogP contribution >= 0.6 is 0 Å². The van der Waals surface area contributed by atoms with E-state index in [9.17, 15) is 14.7 Å². The van der Waals surface area contributed by atoms with Crippen LogP contribution in [-0.2, 0) is 10.2 Å². The molecule has 1 atom stereocenters. The van der Waals surface area contributed by atoms with Crippen molar-refractivity contribution >= 4 is 11.9 Å². The van der Waals surface area contributed by atoms with Gasteiger partial charge in [-0.1, -0.05) is 85.3 Å². The molecule has 1 amide bonds. The van der Waals surface area contributed by atoms with Crippen molar-refractivity contribution in [3.63, 3.8) is 0 Å². The van der Waals surface area contributed by atoms with Crippen molar-refractivity contribution in [3.05, 3.63) is 95.6 Å². The Bertz CT molecular complexity index is 1190. The zero-order valence-corrected chi connectivity index (χ0v) is 22.0. The monoisotopic (exact) mass is 498 g/mol. The topological polar surface area (TPSA) is 69.6 Å². The van der Waals surface area contributed by atoms with Crippen LogP contribution in [0.3, 0.4) is 0 Å². The van der Waals surface area contributed by atoms with Crippen LogP contribution in [0.1, 0.15) is 60.5 Å². The molecule has 1 heterocycles. The number of hydrogen-bond acceptors (Lipinski definition) is 3. The number of benzene rings is 3. The number of aryl methyl sites for hydroxylation is 1. The van der Waals surface area contributed by atoms with Crippen molar-refractivity contribution in [2.45, 2.75) is 57.4 Å². The number of carbonyl (C=O) groups excluding carboxylic acids is 1. The highest BCUT2D eigenvalue weighted by molar-refractivity contribution is 6.01. The molecule has 1 unspecified atom stereocenters. The molecule has 194 valence electrons. The molecule has 5 nitrogen and oxygen atoms in total. The number of hydrogen-bond donors (Lipinski definition) is 2. The highest BCUT2D eigenvalue weighted by Gasteiger charge is 2.30. The van der Waals surface area contributed by atoms with Crippen LogP contribution in [0, 0.1) is 6.92 Å². The third-order valence-electron chi connectivity index (χ3n) is 7.64. The summed E-state index contributed by atoms with van der Waals surface area (Å²) in [5.41, 5.74) is 4.53. The van der Waals surface area contributed by atoms with Crippen molar-refractivity contribution in [3.8, 4) is 11.1 Å². The fourth-order valence-electron chi connectivity index (χ4n) is 5.48. The molecular weight excluding hydrogens is 460 g/mol. The van der Waals surface area contributed by atoms with Gasteiger partial charge in [-0.15, -0.1) is 0 Å². The van der Waals surface area contributed by atoms with E-state index in [-0.39, 0.29) is 23.8 Å². The summed E-state index contributed by atoms with van der Waals surface area (Å²) in [5.74, 6) is -0.764. The third-order valence-corrected chi connectivity index (χ3v) is 7.64. The number of carboxylic acids is 1. The molecule has 3 aromatic carbocycles. The molecule has 0 aromatic heterocycles. The van der Waals surface area contributed by atoms with Gasteiger partial charge in [-0.3, -0.25) is 9.59 Å². The lowest BCUT2D eigenvalue weighted by molar-refractivity contribution is -0.138. The Balaban J connectivity index is 1.30. The van der Waals surface area contributed by atoms with Gasteiger partial charge >= 0.3 is 5.97 Å². The van der Waals surface area contributed by atoms with Crippen molar-refractivity contribution in [2.24, 2.45) is 0 Å². The lowest BCUT2D eigenvalue weighted by Gasteiger charge is -2.34. The zero-order valence-electron chi connectivity index (χ0n) is 22.0. The average Bonchev–Trinajstić information content (AvgIpc) is 2.90. The summed E-state index contributed by atoms with van der Waals surface area (Å²) in [5, 5.41) is 12.8. The first-order valence-corrected chi connectivity index (χ1v) is 13.3. The molecule has 0 saturated carbocycles. The number of nitrogens with zero attached hydrogens (tertiary/aromatic N) is 1. The van der Waals surface area contributed by atoms with Crippen LogP contribution in [0.25, 0.3) is 11.1 Å². The van der Waals surface area contributed by atoms with Crippen LogP contribution in [0.2, 0.25) is 0 Å². The summed E-state index contributed by atoms with van der Waals surface area (Å²) in [6.07, 6.45) is 3.75. The minimum absolute atomic E-state index is 0.00620.